The normalized spacial score (nSPS) is 10.7. The van der Waals surface area contributed by atoms with Crippen LogP contribution in [-0.2, 0) is 0 Å². The molecule has 1 heterocycles. The van der Waals surface area contributed by atoms with E-state index in [1.807, 2.05) is 12.1 Å². The number of hydrogen-bond acceptors (Lipinski definition) is 2. The molecule has 22 heavy (non-hydrogen) atoms. The van der Waals surface area contributed by atoms with Gasteiger partial charge < -0.3 is 14.0 Å². The molecule has 0 saturated heterocycles. The van der Waals surface area contributed by atoms with Crippen LogP contribution in [0.15, 0.2) is 66.9 Å². The number of aromatic nitrogens is 1. The van der Waals surface area contributed by atoms with Gasteiger partial charge in [0.25, 0.3) is 0 Å². The van der Waals surface area contributed by atoms with Crippen molar-refractivity contribution < 1.29 is 17.8 Å². The van der Waals surface area contributed by atoms with Gasteiger partial charge in [-0.05, 0) is 60.7 Å². The van der Waals surface area contributed by atoms with E-state index in [0.29, 0.717) is 11.5 Å². The molecule has 2 aromatic carbocycles. The smallest absolute Gasteiger partial charge is 0.343 e. The second-order valence-corrected chi connectivity index (χ2v) is 5.76. The molecule has 3 rings (SSSR count). The maximum atomic E-state index is 13.0. The number of halogens is 2. The number of aromatic amines is 1. The Balaban J connectivity index is 1.81. The van der Waals surface area contributed by atoms with E-state index >= 15 is 0 Å². The Bertz CT molecular complexity index is 667. The molecule has 0 spiro atoms. The lowest BCUT2D eigenvalue weighted by molar-refractivity contribution is 0.498. The maximum Gasteiger partial charge on any atom is 0.343 e. The number of benzene rings is 2. The SMILES string of the molecule is Fc1ccc(OP(Oc2ccc(F)cc2)c2ccc[nH]2)cc1. The van der Waals surface area contributed by atoms with Gasteiger partial charge in [-0.25, -0.2) is 8.78 Å². The fraction of sp³-hybridized carbons (Fsp3) is 0. The number of nitrogens with one attached hydrogen (secondary N) is 1. The zero-order valence-electron chi connectivity index (χ0n) is 11.4. The molecular formula is C16H12F2NO2P. The van der Waals surface area contributed by atoms with E-state index in [0.717, 1.165) is 5.44 Å². The Hall–Kier alpha value is -2.39. The van der Waals surface area contributed by atoms with Crippen molar-refractivity contribution in [3.63, 3.8) is 0 Å². The van der Waals surface area contributed by atoms with Gasteiger partial charge in [0.2, 0.25) is 0 Å². The minimum absolute atomic E-state index is 0.337. The minimum Gasteiger partial charge on any atom is -0.434 e. The molecule has 3 nitrogen and oxygen atoms in total. The first kappa shape index (κ1) is 14.5. The summed E-state index contributed by atoms with van der Waals surface area (Å²) in [4.78, 5) is 3.03. The number of H-pyrrole nitrogens is 1. The van der Waals surface area contributed by atoms with Crippen LogP contribution in [0.1, 0.15) is 0 Å². The van der Waals surface area contributed by atoms with Gasteiger partial charge in [0.1, 0.15) is 28.6 Å². The van der Waals surface area contributed by atoms with Crippen molar-refractivity contribution in [2.24, 2.45) is 0 Å². The van der Waals surface area contributed by atoms with E-state index in [1.54, 1.807) is 6.20 Å². The third-order valence-electron chi connectivity index (χ3n) is 2.78. The topological polar surface area (TPSA) is 34.2 Å². The second-order valence-electron chi connectivity index (χ2n) is 4.40. The highest BCUT2D eigenvalue weighted by molar-refractivity contribution is 7.56. The highest BCUT2D eigenvalue weighted by Crippen LogP contribution is 2.39. The van der Waals surface area contributed by atoms with Crippen LogP contribution in [0.25, 0.3) is 0 Å². The van der Waals surface area contributed by atoms with E-state index in [2.05, 4.69) is 4.98 Å². The number of hydrogen-bond donors (Lipinski definition) is 1. The fourth-order valence-electron chi connectivity index (χ4n) is 1.73. The average molecular weight is 319 g/mol. The first-order valence-electron chi connectivity index (χ1n) is 6.51. The van der Waals surface area contributed by atoms with Crippen LogP contribution in [0.4, 0.5) is 8.78 Å². The molecule has 0 unspecified atom stereocenters. The molecule has 0 radical (unpaired) electrons. The van der Waals surface area contributed by atoms with Crippen molar-refractivity contribution in [3.8, 4) is 11.5 Å². The van der Waals surface area contributed by atoms with Gasteiger partial charge in [0.05, 0.1) is 0 Å². The molecule has 0 aliphatic rings. The summed E-state index contributed by atoms with van der Waals surface area (Å²) in [6, 6.07) is 15.0. The van der Waals surface area contributed by atoms with Crippen molar-refractivity contribution in [1.29, 1.82) is 0 Å². The van der Waals surface area contributed by atoms with E-state index in [-0.39, 0.29) is 11.6 Å². The first-order valence-corrected chi connectivity index (χ1v) is 7.69. The van der Waals surface area contributed by atoms with Gasteiger partial charge in [0, 0.05) is 6.20 Å². The van der Waals surface area contributed by atoms with E-state index in [9.17, 15) is 8.78 Å². The Labute approximate surface area is 127 Å². The van der Waals surface area contributed by atoms with Crippen LogP contribution in [0, 0.1) is 11.6 Å². The van der Waals surface area contributed by atoms with Crippen LogP contribution in [0.2, 0.25) is 0 Å². The highest BCUT2D eigenvalue weighted by atomic mass is 31.2. The van der Waals surface area contributed by atoms with Crippen molar-refractivity contribution in [2.75, 3.05) is 0 Å². The zero-order chi connectivity index (χ0) is 15.4. The molecule has 0 atom stereocenters. The molecule has 0 fully saturated rings. The van der Waals surface area contributed by atoms with Crippen molar-refractivity contribution in [3.05, 3.63) is 78.5 Å². The van der Waals surface area contributed by atoms with Crippen LogP contribution in [0.5, 0.6) is 11.5 Å². The zero-order valence-corrected chi connectivity index (χ0v) is 12.3. The summed E-state index contributed by atoms with van der Waals surface area (Å²) in [5, 5.41) is 0. The lowest BCUT2D eigenvalue weighted by Crippen LogP contribution is -2.10. The van der Waals surface area contributed by atoms with Gasteiger partial charge >= 0.3 is 8.38 Å². The quantitative estimate of drug-likeness (QED) is 0.708. The predicted octanol–water partition coefficient (Wildman–Crippen LogP) is 4.39. The Kier molecular flexibility index (Phi) is 4.35. The summed E-state index contributed by atoms with van der Waals surface area (Å²) >= 11 is 0. The largest absolute Gasteiger partial charge is 0.434 e. The maximum absolute atomic E-state index is 13.0. The number of rotatable bonds is 5. The first-order chi connectivity index (χ1) is 10.7. The Morgan fingerprint density at radius 1 is 0.727 bits per heavy atom. The lowest BCUT2D eigenvalue weighted by Gasteiger charge is -2.17. The third kappa shape index (κ3) is 3.62. The van der Waals surface area contributed by atoms with Gasteiger partial charge in [-0.1, -0.05) is 0 Å². The second kappa shape index (κ2) is 6.58. The van der Waals surface area contributed by atoms with Gasteiger partial charge in [-0.15, -0.1) is 0 Å². The summed E-state index contributed by atoms with van der Waals surface area (Å²) in [6.07, 6.45) is 1.76. The fourth-order valence-corrected chi connectivity index (χ4v) is 2.98. The van der Waals surface area contributed by atoms with Gasteiger partial charge in [0.15, 0.2) is 0 Å². The van der Waals surface area contributed by atoms with Crippen LogP contribution in [-0.4, -0.2) is 4.98 Å². The molecule has 0 aliphatic heterocycles. The van der Waals surface area contributed by atoms with Gasteiger partial charge in [-0.2, -0.15) is 0 Å². The minimum atomic E-state index is -1.49. The molecule has 0 aliphatic carbocycles. The molecule has 0 amide bonds. The van der Waals surface area contributed by atoms with Crippen molar-refractivity contribution in [1.82, 2.24) is 4.98 Å². The van der Waals surface area contributed by atoms with Crippen LogP contribution >= 0.6 is 8.38 Å². The monoisotopic (exact) mass is 319 g/mol. The van der Waals surface area contributed by atoms with Crippen molar-refractivity contribution >= 4 is 13.8 Å². The van der Waals surface area contributed by atoms with Gasteiger partial charge in [-0.3, -0.25) is 0 Å². The summed E-state index contributed by atoms with van der Waals surface area (Å²) in [5.41, 5.74) is 0.753. The molecule has 0 bridgehead atoms. The molecular weight excluding hydrogens is 307 g/mol. The standard InChI is InChI=1S/C16H12F2NO2P/c17-12-3-7-14(8-4-12)20-22(16-2-1-11-19-16)21-15-9-5-13(18)6-10-15/h1-11,19H. The Morgan fingerprint density at radius 3 is 1.64 bits per heavy atom. The Morgan fingerprint density at radius 2 is 1.23 bits per heavy atom. The molecule has 1 N–H and O–H groups in total. The summed E-state index contributed by atoms with van der Waals surface area (Å²) < 4.78 is 37.5. The summed E-state index contributed by atoms with van der Waals surface area (Å²) in [5.74, 6) is 0.306. The van der Waals surface area contributed by atoms with Crippen LogP contribution < -0.4 is 14.5 Å². The lowest BCUT2D eigenvalue weighted by atomic mass is 10.3. The molecule has 3 aromatic rings. The molecule has 1 aromatic heterocycles. The van der Waals surface area contributed by atoms with Crippen molar-refractivity contribution in [2.45, 2.75) is 0 Å². The molecule has 0 saturated carbocycles. The highest BCUT2D eigenvalue weighted by Gasteiger charge is 2.19. The third-order valence-corrected chi connectivity index (χ3v) is 4.21. The summed E-state index contributed by atoms with van der Waals surface area (Å²) in [7, 11) is -1.49. The summed E-state index contributed by atoms with van der Waals surface area (Å²) in [6.45, 7) is 0. The van der Waals surface area contributed by atoms with E-state index < -0.39 is 8.38 Å². The van der Waals surface area contributed by atoms with E-state index in [1.165, 1.54) is 48.5 Å². The predicted molar refractivity (Wildman–Crippen MR) is 81.4 cm³/mol. The average Bonchev–Trinajstić information content (AvgIpc) is 3.05. The van der Waals surface area contributed by atoms with E-state index in [4.69, 9.17) is 9.05 Å². The molecule has 112 valence electrons. The molecule has 6 heteroatoms. The van der Waals surface area contributed by atoms with Crippen LogP contribution in [0.3, 0.4) is 0 Å².